The second kappa shape index (κ2) is 4.37. The van der Waals surface area contributed by atoms with Crippen molar-refractivity contribution in [2.75, 3.05) is 5.73 Å². The Hall–Kier alpha value is -1.56. The summed E-state index contributed by atoms with van der Waals surface area (Å²) >= 11 is 1.01. The SMILES string of the molecule is Nc1ccc(Cc2nc(C(F)(F)F)cs2)cc1. The monoisotopic (exact) mass is 258 g/mol. The van der Waals surface area contributed by atoms with Gasteiger partial charge >= 0.3 is 6.18 Å². The summed E-state index contributed by atoms with van der Waals surface area (Å²) in [5.74, 6) is 0. The molecule has 0 bridgehead atoms. The van der Waals surface area contributed by atoms with Crippen molar-refractivity contribution in [3.63, 3.8) is 0 Å². The molecule has 0 saturated carbocycles. The van der Waals surface area contributed by atoms with Crippen molar-refractivity contribution < 1.29 is 13.2 Å². The lowest BCUT2D eigenvalue weighted by atomic mass is 10.1. The van der Waals surface area contributed by atoms with E-state index in [4.69, 9.17) is 5.73 Å². The number of anilines is 1. The van der Waals surface area contributed by atoms with Gasteiger partial charge in [0.25, 0.3) is 0 Å². The quantitative estimate of drug-likeness (QED) is 0.839. The zero-order valence-corrected chi connectivity index (χ0v) is 9.48. The second-order valence-electron chi connectivity index (χ2n) is 3.54. The van der Waals surface area contributed by atoms with Crippen molar-refractivity contribution in [3.05, 3.63) is 45.9 Å². The van der Waals surface area contributed by atoms with Gasteiger partial charge in [0, 0.05) is 17.5 Å². The molecule has 0 fully saturated rings. The predicted molar refractivity (Wildman–Crippen MR) is 60.8 cm³/mol. The lowest BCUT2D eigenvalue weighted by molar-refractivity contribution is -0.140. The molecule has 0 aliphatic heterocycles. The first-order valence-electron chi connectivity index (χ1n) is 4.81. The van der Waals surface area contributed by atoms with Crippen LogP contribution in [0.25, 0.3) is 0 Å². The summed E-state index contributed by atoms with van der Waals surface area (Å²) in [6.45, 7) is 0. The van der Waals surface area contributed by atoms with E-state index >= 15 is 0 Å². The van der Waals surface area contributed by atoms with Gasteiger partial charge in [0.1, 0.15) is 0 Å². The number of aromatic nitrogens is 1. The van der Waals surface area contributed by atoms with Crippen LogP contribution in [0.1, 0.15) is 16.3 Å². The largest absolute Gasteiger partial charge is 0.434 e. The number of nitrogen functional groups attached to an aromatic ring is 1. The summed E-state index contributed by atoms with van der Waals surface area (Å²) < 4.78 is 37.0. The van der Waals surface area contributed by atoms with Crippen molar-refractivity contribution in [1.29, 1.82) is 0 Å². The predicted octanol–water partition coefficient (Wildman–Crippen LogP) is 3.33. The molecule has 2 N–H and O–H groups in total. The van der Waals surface area contributed by atoms with Crippen LogP contribution in [-0.2, 0) is 12.6 Å². The third-order valence-electron chi connectivity index (χ3n) is 2.18. The molecule has 0 saturated heterocycles. The van der Waals surface area contributed by atoms with Crippen LogP contribution in [0, 0.1) is 0 Å². The second-order valence-corrected chi connectivity index (χ2v) is 4.49. The third kappa shape index (κ3) is 2.97. The van der Waals surface area contributed by atoms with Gasteiger partial charge in [-0.1, -0.05) is 12.1 Å². The third-order valence-corrected chi connectivity index (χ3v) is 3.03. The molecule has 2 aromatic rings. The number of rotatable bonds is 2. The summed E-state index contributed by atoms with van der Waals surface area (Å²) in [6.07, 6.45) is -3.98. The highest BCUT2D eigenvalue weighted by Crippen LogP contribution is 2.30. The molecule has 2 rings (SSSR count). The Bertz CT molecular complexity index is 502. The van der Waals surface area contributed by atoms with Crippen molar-refractivity contribution in [3.8, 4) is 0 Å². The molecule has 0 aliphatic carbocycles. The summed E-state index contributed by atoms with van der Waals surface area (Å²) in [6, 6.07) is 7.00. The van der Waals surface area contributed by atoms with Gasteiger partial charge in [0.15, 0.2) is 5.69 Å². The minimum atomic E-state index is -4.37. The van der Waals surface area contributed by atoms with E-state index in [0.29, 0.717) is 17.1 Å². The maximum Gasteiger partial charge on any atom is 0.434 e. The molecule has 0 unspecified atom stereocenters. The van der Waals surface area contributed by atoms with Crippen LogP contribution in [0.5, 0.6) is 0 Å². The Balaban J connectivity index is 2.14. The Kier molecular flexibility index (Phi) is 3.06. The van der Waals surface area contributed by atoms with Crippen LogP contribution in [0.15, 0.2) is 29.6 Å². The van der Waals surface area contributed by atoms with Crippen LogP contribution in [0.2, 0.25) is 0 Å². The fraction of sp³-hybridized carbons (Fsp3) is 0.182. The highest BCUT2D eigenvalue weighted by Gasteiger charge is 2.33. The van der Waals surface area contributed by atoms with Crippen molar-refractivity contribution in [1.82, 2.24) is 4.98 Å². The first-order chi connectivity index (χ1) is 7.95. The fourth-order valence-corrected chi connectivity index (χ4v) is 2.17. The van der Waals surface area contributed by atoms with Gasteiger partial charge in [-0.15, -0.1) is 11.3 Å². The molecule has 0 amide bonds. The van der Waals surface area contributed by atoms with E-state index < -0.39 is 11.9 Å². The molecule has 0 aliphatic rings. The number of nitrogens with two attached hydrogens (primary N) is 1. The number of nitrogens with zero attached hydrogens (tertiary/aromatic N) is 1. The van der Waals surface area contributed by atoms with Gasteiger partial charge in [-0.3, -0.25) is 0 Å². The highest BCUT2D eigenvalue weighted by atomic mass is 32.1. The van der Waals surface area contributed by atoms with Crippen LogP contribution >= 0.6 is 11.3 Å². The van der Waals surface area contributed by atoms with Crippen molar-refractivity contribution in [2.45, 2.75) is 12.6 Å². The van der Waals surface area contributed by atoms with Gasteiger partial charge in [0.2, 0.25) is 0 Å². The van der Waals surface area contributed by atoms with Crippen LogP contribution in [-0.4, -0.2) is 4.98 Å². The zero-order chi connectivity index (χ0) is 12.5. The van der Waals surface area contributed by atoms with Crippen LogP contribution < -0.4 is 5.73 Å². The Morgan fingerprint density at radius 3 is 2.35 bits per heavy atom. The van der Waals surface area contributed by atoms with Gasteiger partial charge in [-0.05, 0) is 17.7 Å². The zero-order valence-electron chi connectivity index (χ0n) is 8.66. The number of benzene rings is 1. The average Bonchev–Trinajstić information content (AvgIpc) is 2.69. The maximum atomic E-state index is 12.3. The van der Waals surface area contributed by atoms with E-state index in [9.17, 15) is 13.2 Å². The van der Waals surface area contributed by atoms with E-state index in [1.165, 1.54) is 0 Å². The minimum Gasteiger partial charge on any atom is -0.399 e. The highest BCUT2D eigenvalue weighted by molar-refractivity contribution is 7.09. The van der Waals surface area contributed by atoms with E-state index in [1.54, 1.807) is 24.3 Å². The molecule has 0 spiro atoms. The maximum absolute atomic E-state index is 12.3. The molecular weight excluding hydrogens is 249 g/mol. The Morgan fingerprint density at radius 2 is 1.82 bits per heavy atom. The number of thiazole rings is 1. The van der Waals surface area contributed by atoms with E-state index in [-0.39, 0.29) is 0 Å². The topological polar surface area (TPSA) is 38.9 Å². The van der Waals surface area contributed by atoms with E-state index in [0.717, 1.165) is 22.3 Å². The number of hydrogen-bond acceptors (Lipinski definition) is 3. The summed E-state index contributed by atoms with van der Waals surface area (Å²) in [4.78, 5) is 3.56. The standard InChI is InChI=1S/C11H9F3N2S/c12-11(13,14)9-6-17-10(16-9)5-7-1-3-8(15)4-2-7/h1-4,6H,5,15H2. The fourth-order valence-electron chi connectivity index (χ4n) is 1.33. The summed E-state index contributed by atoms with van der Waals surface area (Å²) in [7, 11) is 0. The number of halogens is 3. The smallest absolute Gasteiger partial charge is 0.399 e. The van der Waals surface area contributed by atoms with Crippen molar-refractivity contribution in [2.24, 2.45) is 0 Å². The molecule has 1 aromatic carbocycles. The normalized spacial score (nSPS) is 11.7. The van der Waals surface area contributed by atoms with Crippen molar-refractivity contribution >= 4 is 17.0 Å². The first kappa shape index (κ1) is 11.9. The number of alkyl halides is 3. The van der Waals surface area contributed by atoms with Crippen LogP contribution in [0.3, 0.4) is 0 Å². The van der Waals surface area contributed by atoms with Crippen LogP contribution in [0.4, 0.5) is 18.9 Å². The molecule has 0 atom stereocenters. The molecule has 17 heavy (non-hydrogen) atoms. The molecule has 6 heteroatoms. The first-order valence-corrected chi connectivity index (χ1v) is 5.69. The van der Waals surface area contributed by atoms with Gasteiger partial charge < -0.3 is 5.73 Å². The van der Waals surface area contributed by atoms with Gasteiger partial charge in [0.05, 0.1) is 5.01 Å². The minimum absolute atomic E-state index is 0.390. The lowest BCUT2D eigenvalue weighted by Crippen LogP contribution is -2.05. The Labute approximate surface area is 99.9 Å². The summed E-state index contributed by atoms with van der Waals surface area (Å²) in [5, 5.41) is 1.48. The molecule has 1 heterocycles. The Morgan fingerprint density at radius 1 is 1.18 bits per heavy atom. The van der Waals surface area contributed by atoms with Gasteiger partial charge in [-0.25, -0.2) is 4.98 Å². The molecule has 90 valence electrons. The molecular formula is C11H9F3N2S. The average molecular weight is 258 g/mol. The van der Waals surface area contributed by atoms with Gasteiger partial charge in [-0.2, -0.15) is 13.2 Å². The molecule has 1 aromatic heterocycles. The molecule has 0 radical (unpaired) electrons. The number of hydrogen-bond donors (Lipinski definition) is 1. The summed E-state index contributed by atoms with van der Waals surface area (Å²) in [5.41, 5.74) is 6.21. The van der Waals surface area contributed by atoms with E-state index in [2.05, 4.69) is 4.98 Å². The van der Waals surface area contributed by atoms with E-state index in [1.807, 2.05) is 0 Å². The lowest BCUT2D eigenvalue weighted by Gasteiger charge is -2.01. The molecule has 2 nitrogen and oxygen atoms in total.